The highest BCUT2D eigenvalue weighted by atomic mass is 16.5. The number of rotatable bonds is 3. The third kappa shape index (κ3) is 4.61. The van der Waals surface area contributed by atoms with E-state index in [2.05, 4.69) is 10.5 Å². The Hall–Kier alpha value is -2.63. The van der Waals surface area contributed by atoms with E-state index in [4.69, 9.17) is 4.52 Å². The smallest absolute Gasteiger partial charge is 0.253 e. The number of nitrogens with zero attached hydrogens (tertiary/aromatic N) is 2. The molecule has 2 aromatic rings. The highest BCUT2D eigenvalue weighted by Gasteiger charge is 2.30. The highest BCUT2D eigenvalue weighted by Crippen LogP contribution is 2.26. The number of aromatic nitrogens is 1. The average molecular weight is 383 g/mol. The summed E-state index contributed by atoms with van der Waals surface area (Å²) in [6.45, 7) is 11.1. The molecule has 1 fully saturated rings. The summed E-state index contributed by atoms with van der Waals surface area (Å²) in [7, 11) is 0. The van der Waals surface area contributed by atoms with E-state index >= 15 is 0 Å². The van der Waals surface area contributed by atoms with Gasteiger partial charge < -0.3 is 14.7 Å². The summed E-state index contributed by atoms with van der Waals surface area (Å²) in [6.07, 6.45) is 1.56. The molecule has 0 radical (unpaired) electrons. The minimum atomic E-state index is -0.251. The molecule has 6 nitrogen and oxygen atoms in total. The first kappa shape index (κ1) is 20.1. The lowest BCUT2D eigenvalue weighted by molar-refractivity contribution is -0.121. The largest absolute Gasteiger partial charge is 0.359 e. The molecule has 6 heteroatoms. The average Bonchev–Trinajstić information content (AvgIpc) is 3.09. The molecule has 1 atom stereocenters. The molecule has 1 saturated heterocycles. The zero-order chi connectivity index (χ0) is 20.5. The summed E-state index contributed by atoms with van der Waals surface area (Å²) in [6, 6.07) is 7.62. The van der Waals surface area contributed by atoms with Crippen LogP contribution in [0.1, 0.15) is 60.9 Å². The zero-order valence-electron chi connectivity index (χ0n) is 17.3. The van der Waals surface area contributed by atoms with Gasteiger partial charge in [-0.05, 0) is 38.8 Å². The van der Waals surface area contributed by atoms with E-state index in [1.807, 2.05) is 52.8 Å². The van der Waals surface area contributed by atoms with Gasteiger partial charge in [0.05, 0.1) is 5.92 Å². The summed E-state index contributed by atoms with van der Waals surface area (Å²) >= 11 is 0. The Balaban J connectivity index is 1.66. The van der Waals surface area contributed by atoms with Gasteiger partial charge in [0.25, 0.3) is 5.91 Å². The topological polar surface area (TPSA) is 75.4 Å². The molecule has 28 heavy (non-hydrogen) atoms. The third-order valence-corrected chi connectivity index (χ3v) is 5.05. The maximum atomic E-state index is 12.9. The van der Waals surface area contributed by atoms with Gasteiger partial charge in [0.15, 0.2) is 5.82 Å². The van der Waals surface area contributed by atoms with Crippen LogP contribution >= 0.6 is 0 Å². The molecule has 1 aromatic heterocycles. The van der Waals surface area contributed by atoms with Crippen LogP contribution in [0, 0.1) is 19.8 Å². The fourth-order valence-corrected chi connectivity index (χ4v) is 3.57. The number of piperidine rings is 1. The van der Waals surface area contributed by atoms with E-state index in [1.54, 1.807) is 11.0 Å². The van der Waals surface area contributed by atoms with Crippen molar-refractivity contribution in [2.75, 3.05) is 18.4 Å². The molecular formula is C22H29N3O3. The van der Waals surface area contributed by atoms with Crippen LogP contribution in [0.5, 0.6) is 0 Å². The minimum Gasteiger partial charge on any atom is -0.359 e. The number of anilines is 1. The van der Waals surface area contributed by atoms with E-state index in [1.165, 1.54) is 0 Å². The second kappa shape index (κ2) is 7.78. The number of carbonyl (C=O) groups excluding carboxylic acids is 2. The van der Waals surface area contributed by atoms with Crippen molar-refractivity contribution in [3.05, 3.63) is 46.7 Å². The number of hydrogen-bond acceptors (Lipinski definition) is 4. The van der Waals surface area contributed by atoms with Gasteiger partial charge in [-0.15, -0.1) is 0 Å². The molecule has 1 aliphatic heterocycles. The molecule has 1 aliphatic rings. The molecule has 0 aliphatic carbocycles. The molecule has 150 valence electrons. The molecule has 2 amide bonds. The Morgan fingerprint density at radius 1 is 1.14 bits per heavy atom. The Morgan fingerprint density at radius 2 is 1.82 bits per heavy atom. The number of hydrogen-bond donors (Lipinski definition) is 1. The summed E-state index contributed by atoms with van der Waals surface area (Å²) in [5.74, 6) is 0.761. The van der Waals surface area contributed by atoms with Crippen molar-refractivity contribution in [2.24, 2.45) is 5.92 Å². The predicted octanol–water partition coefficient (Wildman–Crippen LogP) is 4.08. The van der Waals surface area contributed by atoms with Crippen molar-refractivity contribution in [2.45, 2.75) is 52.9 Å². The number of nitrogens with one attached hydrogen (secondary N) is 1. The fraction of sp³-hybridized carbons (Fsp3) is 0.500. The van der Waals surface area contributed by atoms with Crippen molar-refractivity contribution < 1.29 is 14.1 Å². The Labute approximate surface area is 166 Å². The molecule has 1 N–H and O–H groups in total. The van der Waals surface area contributed by atoms with Crippen LogP contribution in [0.2, 0.25) is 0 Å². The lowest BCUT2D eigenvalue weighted by Crippen LogP contribution is -2.43. The minimum absolute atomic E-state index is 0.0132. The lowest BCUT2D eigenvalue weighted by atomic mass is 9.93. The molecule has 3 rings (SSSR count). The van der Waals surface area contributed by atoms with Gasteiger partial charge in [-0.3, -0.25) is 9.59 Å². The summed E-state index contributed by atoms with van der Waals surface area (Å²) in [4.78, 5) is 27.4. The summed E-state index contributed by atoms with van der Waals surface area (Å²) < 4.78 is 5.33. The Morgan fingerprint density at radius 3 is 2.43 bits per heavy atom. The maximum Gasteiger partial charge on any atom is 0.253 e. The number of benzene rings is 1. The molecule has 0 bridgehead atoms. The van der Waals surface area contributed by atoms with Gasteiger partial charge >= 0.3 is 0 Å². The van der Waals surface area contributed by atoms with Crippen molar-refractivity contribution in [1.29, 1.82) is 0 Å². The van der Waals surface area contributed by atoms with Crippen molar-refractivity contribution in [3.63, 3.8) is 0 Å². The molecule has 2 heterocycles. The van der Waals surface area contributed by atoms with Gasteiger partial charge in [-0.25, -0.2) is 0 Å². The second-order valence-electron chi connectivity index (χ2n) is 8.78. The normalized spacial score (nSPS) is 17.5. The highest BCUT2D eigenvalue weighted by molar-refractivity contribution is 5.96. The first-order valence-electron chi connectivity index (χ1n) is 9.79. The molecule has 1 unspecified atom stereocenters. The monoisotopic (exact) mass is 383 g/mol. The van der Waals surface area contributed by atoms with E-state index in [-0.39, 0.29) is 23.1 Å². The van der Waals surface area contributed by atoms with Crippen LogP contribution in [0.15, 0.2) is 28.8 Å². The predicted molar refractivity (Wildman–Crippen MR) is 108 cm³/mol. The lowest BCUT2D eigenvalue weighted by Gasteiger charge is -2.32. The van der Waals surface area contributed by atoms with Gasteiger partial charge in [0.2, 0.25) is 5.91 Å². The number of carbonyl (C=O) groups is 2. The van der Waals surface area contributed by atoms with Gasteiger partial charge in [-0.1, -0.05) is 43.1 Å². The van der Waals surface area contributed by atoms with Crippen molar-refractivity contribution in [3.8, 4) is 0 Å². The number of amides is 2. The molecule has 0 spiro atoms. The summed E-state index contributed by atoms with van der Waals surface area (Å²) in [5.41, 5.74) is 2.64. The first-order chi connectivity index (χ1) is 13.1. The third-order valence-electron chi connectivity index (χ3n) is 5.05. The van der Waals surface area contributed by atoms with Crippen LogP contribution in [0.4, 0.5) is 5.82 Å². The van der Waals surface area contributed by atoms with E-state index in [0.29, 0.717) is 24.5 Å². The maximum absolute atomic E-state index is 12.9. The number of likely N-dealkylation sites (tertiary alicyclic amines) is 1. The van der Waals surface area contributed by atoms with E-state index in [9.17, 15) is 9.59 Å². The van der Waals surface area contributed by atoms with Gasteiger partial charge in [0.1, 0.15) is 5.76 Å². The van der Waals surface area contributed by atoms with Gasteiger partial charge in [-0.2, -0.15) is 0 Å². The molecule has 0 saturated carbocycles. The van der Waals surface area contributed by atoms with Crippen LogP contribution in [0.3, 0.4) is 0 Å². The zero-order valence-corrected chi connectivity index (χ0v) is 17.3. The SMILES string of the molecule is Cc1cc(C)cc(C(=O)N2CCCC(C(=O)Nc3cc(C(C)(C)C)on3)C2)c1. The standard InChI is InChI=1S/C22H29N3O3/c1-14-9-15(2)11-17(10-14)21(27)25-8-6-7-16(13-25)20(26)23-19-12-18(28-24-19)22(3,4)5/h9-12,16H,6-8,13H2,1-5H3,(H,23,24,26). The number of aryl methyl sites for hydroxylation is 2. The Bertz CT molecular complexity index is 859. The van der Waals surface area contributed by atoms with E-state index in [0.717, 1.165) is 29.7 Å². The van der Waals surface area contributed by atoms with E-state index < -0.39 is 0 Å². The quantitative estimate of drug-likeness (QED) is 0.866. The van der Waals surface area contributed by atoms with Gasteiger partial charge in [0, 0.05) is 30.1 Å². The first-order valence-corrected chi connectivity index (χ1v) is 9.79. The fourth-order valence-electron chi connectivity index (χ4n) is 3.57. The van der Waals surface area contributed by atoms with Crippen molar-refractivity contribution in [1.82, 2.24) is 10.1 Å². The summed E-state index contributed by atoms with van der Waals surface area (Å²) in [5, 5.41) is 6.79. The molecular weight excluding hydrogens is 354 g/mol. The van der Waals surface area contributed by atoms with Crippen LogP contribution in [-0.4, -0.2) is 35.0 Å². The van der Waals surface area contributed by atoms with Crippen LogP contribution in [-0.2, 0) is 10.2 Å². The van der Waals surface area contributed by atoms with Crippen molar-refractivity contribution >= 4 is 17.6 Å². The second-order valence-corrected chi connectivity index (χ2v) is 8.78. The van der Waals surface area contributed by atoms with Crippen LogP contribution < -0.4 is 5.32 Å². The molecule has 1 aromatic carbocycles. The van der Waals surface area contributed by atoms with Crippen LogP contribution in [0.25, 0.3) is 0 Å². The Kier molecular flexibility index (Phi) is 5.59.